The summed E-state index contributed by atoms with van der Waals surface area (Å²) >= 11 is 0. The Morgan fingerprint density at radius 3 is 2.62 bits per heavy atom. The van der Waals surface area contributed by atoms with Gasteiger partial charge in [0.25, 0.3) is 10.0 Å². The topological polar surface area (TPSA) is 125 Å². The number of anilines is 2. The van der Waals surface area contributed by atoms with Crippen LogP contribution in [-0.4, -0.2) is 18.6 Å². The Morgan fingerprint density at radius 2 is 2.10 bits per heavy atom. The van der Waals surface area contributed by atoms with Crippen molar-refractivity contribution in [3.05, 3.63) is 35.5 Å². The van der Waals surface area contributed by atoms with Crippen molar-refractivity contribution < 1.29 is 8.42 Å². The van der Waals surface area contributed by atoms with Gasteiger partial charge in [-0.3, -0.25) is 9.82 Å². The molecule has 0 saturated carbocycles. The maximum absolute atomic E-state index is 12.3. The van der Waals surface area contributed by atoms with Crippen molar-refractivity contribution in [2.24, 2.45) is 0 Å². The summed E-state index contributed by atoms with van der Waals surface area (Å²) in [5.41, 5.74) is 6.83. The average Bonchev–Trinajstić information content (AvgIpc) is 2.86. The lowest BCUT2D eigenvalue weighted by Crippen LogP contribution is -2.15. The number of aromatic amines is 1. The number of nitrogen functional groups attached to an aromatic ring is 1. The zero-order chi connectivity index (χ0) is 15.6. The Morgan fingerprint density at radius 1 is 1.38 bits per heavy atom. The van der Waals surface area contributed by atoms with Crippen LogP contribution in [0.2, 0.25) is 0 Å². The highest BCUT2D eigenvalue weighted by Crippen LogP contribution is 2.23. The molecule has 110 valence electrons. The summed E-state index contributed by atoms with van der Waals surface area (Å²) in [5.74, 6) is 0.401. The van der Waals surface area contributed by atoms with Crippen LogP contribution in [0.15, 0.2) is 29.2 Å². The van der Waals surface area contributed by atoms with Gasteiger partial charge in [-0.05, 0) is 24.1 Å². The maximum atomic E-state index is 12.3. The quantitative estimate of drug-likeness (QED) is 0.743. The molecule has 8 heteroatoms. The number of sulfonamides is 1. The second-order valence-electron chi connectivity index (χ2n) is 4.83. The van der Waals surface area contributed by atoms with Gasteiger partial charge in [-0.1, -0.05) is 13.8 Å². The average molecular weight is 305 g/mol. The number of nitrogens with one attached hydrogen (secondary N) is 2. The fraction of sp³-hybridized carbons (Fsp3) is 0.231. The summed E-state index contributed by atoms with van der Waals surface area (Å²) in [7, 11) is -3.85. The van der Waals surface area contributed by atoms with Crippen LogP contribution in [0.5, 0.6) is 0 Å². The molecular formula is C13H15N5O2S. The molecule has 0 aliphatic carbocycles. The zero-order valence-corrected chi connectivity index (χ0v) is 12.4. The molecule has 0 unspecified atom stereocenters. The van der Waals surface area contributed by atoms with Gasteiger partial charge in [-0.25, -0.2) is 8.42 Å². The fourth-order valence-electron chi connectivity index (χ4n) is 1.74. The summed E-state index contributed by atoms with van der Waals surface area (Å²) in [4.78, 5) is -0.0874. The highest BCUT2D eigenvalue weighted by atomic mass is 32.2. The van der Waals surface area contributed by atoms with Crippen LogP contribution in [-0.2, 0) is 10.0 Å². The van der Waals surface area contributed by atoms with Crippen molar-refractivity contribution in [2.45, 2.75) is 24.7 Å². The molecule has 1 aromatic carbocycles. The van der Waals surface area contributed by atoms with Gasteiger partial charge in [0, 0.05) is 11.8 Å². The molecular weight excluding hydrogens is 290 g/mol. The second kappa shape index (κ2) is 5.46. The molecule has 0 radical (unpaired) electrons. The molecule has 0 saturated heterocycles. The molecule has 4 N–H and O–H groups in total. The summed E-state index contributed by atoms with van der Waals surface area (Å²) in [6.45, 7) is 3.93. The lowest BCUT2D eigenvalue weighted by atomic mass is 10.1. The Labute approximate surface area is 122 Å². The number of rotatable bonds is 4. The number of nitriles is 1. The summed E-state index contributed by atoms with van der Waals surface area (Å²) in [6, 6.07) is 7.54. The van der Waals surface area contributed by atoms with E-state index in [1.165, 1.54) is 18.2 Å². The van der Waals surface area contributed by atoms with Gasteiger partial charge in [0.1, 0.15) is 4.90 Å². The second-order valence-corrected chi connectivity index (χ2v) is 6.48. The number of nitrogens with two attached hydrogens (primary N) is 1. The van der Waals surface area contributed by atoms with Crippen LogP contribution < -0.4 is 10.5 Å². The van der Waals surface area contributed by atoms with Crippen LogP contribution in [0, 0.1) is 11.3 Å². The molecule has 2 aromatic rings. The van der Waals surface area contributed by atoms with E-state index in [-0.39, 0.29) is 22.3 Å². The van der Waals surface area contributed by atoms with Gasteiger partial charge in [0.2, 0.25) is 0 Å². The Hall–Kier alpha value is -2.53. The first-order valence-electron chi connectivity index (χ1n) is 6.21. The van der Waals surface area contributed by atoms with Crippen LogP contribution in [0.3, 0.4) is 0 Å². The van der Waals surface area contributed by atoms with Crippen molar-refractivity contribution in [3.8, 4) is 6.07 Å². The van der Waals surface area contributed by atoms with Gasteiger partial charge >= 0.3 is 0 Å². The predicted octanol–water partition coefficient (Wildman–Crippen LogP) is 1.79. The number of H-pyrrole nitrogens is 1. The van der Waals surface area contributed by atoms with Gasteiger partial charge < -0.3 is 5.73 Å². The van der Waals surface area contributed by atoms with E-state index in [9.17, 15) is 8.42 Å². The SMILES string of the molecule is CC(C)c1cc(NS(=O)(=O)c2ccc(C#N)cc2N)n[nH]1. The molecule has 0 aliphatic rings. The number of nitrogens with zero attached hydrogens (tertiary/aromatic N) is 2. The minimum Gasteiger partial charge on any atom is -0.398 e. The van der Waals surface area contributed by atoms with Crippen LogP contribution in [0.25, 0.3) is 0 Å². The minimum atomic E-state index is -3.85. The highest BCUT2D eigenvalue weighted by Gasteiger charge is 2.19. The largest absolute Gasteiger partial charge is 0.398 e. The van der Waals surface area contributed by atoms with E-state index in [0.717, 1.165) is 5.69 Å². The van der Waals surface area contributed by atoms with Gasteiger partial charge in [0.05, 0.1) is 17.3 Å². The van der Waals surface area contributed by atoms with Gasteiger partial charge in [0.15, 0.2) is 5.82 Å². The van der Waals surface area contributed by atoms with E-state index in [4.69, 9.17) is 11.0 Å². The van der Waals surface area contributed by atoms with Crippen molar-refractivity contribution in [2.75, 3.05) is 10.5 Å². The first-order chi connectivity index (χ1) is 9.83. The number of hydrogen-bond donors (Lipinski definition) is 3. The summed E-state index contributed by atoms with van der Waals surface area (Å²) in [6.07, 6.45) is 0. The van der Waals surface area contributed by atoms with E-state index in [1.54, 1.807) is 6.07 Å². The first-order valence-corrected chi connectivity index (χ1v) is 7.69. The third-order valence-corrected chi connectivity index (χ3v) is 4.32. The third-order valence-electron chi connectivity index (χ3n) is 2.89. The predicted molar refractivity (Wildman–Crippen MR) is 79.1 cm³/mol. The smallest absolute Gasteiger partial charge is 0.265 e. The molecule has 0 amide bonds. The Bertz CT molecular complexity index is 802. The minimum absolute atomic E-state index is 0.0150. The Balaban J connectivity index is 2.32. The molecule has 0 atom stereocenters. The van der Waals surface area contributed by atoms with Gasteiger partial charge in [-0.15, -0.1) is 0 Å². The molecule has 0 aliphatic heterocycles. The number of aromatic nitrogens is 2. The molecule has 2 rings (SSSR count). The highest BCUT2D eigenvalue weighted by molar-refractivity contribution is 7.92. The molecule has 21 heavy (non-hydrogen) atoms. The van der Waals surface area contributed by atoms with E-state index in [2.05, 4.69) is 14.9 Å². The van der Waals surface area contributed by atoms with E-state index in [1.807, 2.05) is 19.9 Å². The lowest BCUT2D eigenvalue weighted by molar-refractivity contribution is 0.601. The first kappa shape index (κ1) is 14.9. The van der Waals surface area contributed by atoms with Crippen molar-refractivity contribution in [1.82, 2.24) is 10.2 Å². The summed E-state index contributed by atoms with van der Waals surface area (Å²) < 4.78 is 26.9. The Kier molecular flexibility index (Phi) is 3.86. The zero-order valence-electron chi connectivity index (χ0n) is 11.6. The van der Waals surface area contributed by atoms with Crippen molar-refractivity contribution >= 4 is 21.5 Å². The van der Waals surface area contributed by atoms with Crippen LogP contribution in [0.4, 0.5) is 11.5 Å². The molecule has 1 heterocycles. The van der Waals surface area contributed by atoms with E-state index in [0.29, 0.717) is 5.56 Å². The van der Waals surface area contributed by atoms with Crippen LogP contribution >= 0.6 is 0 Å². The standard InChI is InChI=1S/C13H15N5O2S/c1-8(2)11-6-13(17-16-11)18-21(19,20)12-4-3-9(7-14)5-10(12)15/h3-6,8H,15H2,1-2H3,(H2,16,17,18). The fourth-order valence-corrected chi connectivity index (χ4v) is 2.85. The lowest BCUT2D eigenvalue weighted by Gasteiger charge is -2.08. The molecule has 0 fully saturated rings. The third kappa shape index (κ3) is 3.14. The normalized spacial score (nSPS) is 11.3. The molecule has 0 spiro atoms. The summed E-state index contributed by atoms with van der Waals surface area (Å²) in [5, 5.41) is 15.4. The van der Waals surface area contributed by atoms with Gasteiger partial charge in [-0.2, -0.15) is 10.4 Å². The van der Waals surface area contributed by atoms with Crippen molar-refractivity contribution in [3.63, 3.8) is 0 Å². The van der Waals surface area contributed by atoms with E-state index < -0.39 is 10.0 Å². The molecule has 1 aromatic heterocycles. The van der Waals surface area contributed by atoms with Crippen molar-refractivity contribution in [1.29, 1.82) is 5.26 Å². The number of benzene rings is 1. The monoisotopic (exact) mass is 305 g/mol. The van der Waals surface area contributed by atoms with E-state index >= 15 is 0 Å². The van der Waals surface area contributed by atoms with Crippen LogP contribution in [0.1, 0.15) is 31.0 Å². The molecule has 7 nitrogen and oxygen atoms in total. The number of hydrogen-bond acceptors (Lipinski definition) is 5. The maximum Gasteiger partial charge on any atom is 0.265 e. The molecule has 0 bridgehead atoms.